The number of thioether (sulfide) groups is 1. The summed E-state index contributed by atoms with van der Waals surface area (Å²) in [5.74, 6) is 0.523. The van der Waals surface area contributed by atoms with E-state index < -0.39 is 12.6 Å². The monoisotopic (exact) mass is 187 g/mol. The predicted molar refractivity (Wildman–Crippen MR) is 42.9 cm³/mol. The Morgan fingerprint density at radius 2 is 2.00 bits per heavy atom. The number of methoxy groups -OCH3 is 1. The largest absolute Gasteiger partial charge is 0.488 e. The number of hydrogen-bond donors (Lipinski definition) is 0. The van der Waals surface area contributed by atoms with Gasteiger partial charge >= 0.3 is 6.98 Å². The fraction of sp³-hybridized carbons (Fsp3) is 1.00. The quantitative estimate of drug-likeness (QED) is 0.465. The molecule has 0 aliphatic carbocycles. The van der Waals surface area contributed by atoms with E-state index in [1.807, 2.05) is 0 Å². The Balaban J connectivity index is 3.02. The van der Waals surface area contributed by atoms with Crippen molar-refractivity contribution >= 4 is 18.7 Å². The van der Waals surface area contributed by atoms with Crippen LogP contribution in [0.1, 0.15) is 6.42 Å². The van der Waals surface area contributed by atoms with Crippen LogP contribution < -0.4 is 0 Å². The highest BCUT2D eigenvalue weighted by Gasteiger charge is 2.21. The molecule has 0 spiro atoms. The van der Waals surface area contributed by atoms with Gasteiger partial charge in [-0.25, -0.2) is 0 Å². The van der Waals surface area contributed by atoms with Crippen LogP contribution in [-0.4, -0.2) is 32.1 Å². The number of hydrogen-bond acceptors (Lipinski definition) is 2. The van der Waals surface area contributed by atoms with Crippen LogP contribution >= 0.6 is 11.8 Å². The molecule has 0 atom stereocenters. The molecule has 0 N–H and O–H groups in total. The third-order valence-corrected chi connectivity index (χ3v) is 2.13. The van der Waals surface area contributed by atoms with Gasteiger partial charge < -0.3 is 17.7 Å². The van der Waals surface area contributed by atoms with Gasteiger partial charge in [0, 0.05) is 13.7 Å². The Morgan fingerprint density at radius 1 is 1.36 bits per heavy atom. The predicted octanol–water partition coefficient (Wildman–Crippen LogP) is 2.14. The van der Waals surface area contributed by atoms with E-state index in [0.29, 0.717) is 18.8 Å². The standard InChI is InChI=1S/C5H11BF3OS/c1-10-3-2-4-11-5-6(7,8)9/h2-5H2,1H3/q-1. The zero-order valence-corrected chi connectivity index (χ0v) is 7.17. The van der Waals surface area contributed by atoms with Gasteiger partial charge in [-0.05, 0) is 17.8 Å². The van der Waals surface area contributed by atoms with E-state index in [2.05, 4.69) is 4.74 Å². The van der Waals surface area contributed by atoms with Crippen molar-refractivity contribution in [2.24, 2.45) is 0 Å². The van der Waals surface area contributed by atoms with Crippen LogP contribution in [0.5, 0.6) is 0 Å². The van der Waals surface area contributed by atoms with E-state index >= 15 is 0 Å². The summed E-state index contributed by atoms with van der Waals surface area (Å²) in [5.41, 5.74) is -0.691. The molecular formula is C5H11BF3OS-. The molecule has 0 heterocycles. The van der Waals surface area contributed by atoms with Gasteiger partial charge in [-0.2, -0.15) is 11.8 Å². The first-order valence-electron chi connectivity index (χ1n) is 3.34. The van der Waals surface area contributed by atoms with Gasteiger partial charge in [0.15, 0.2) is 0 Å². The van der Waals surface area contributed by atoms with Crippen molar-refractivity contribution in [3.8, 4) is 0 Å². The van der Waals surface area contributed by atoms with Gasteiger partial charge in [0.05, 0.1) is 0 Å². The second-order valence-electron chi connectivity index (χ2n) is 2.13. The van der Waals surface area contributed by atoms with Crippen molar-refractivity contribution in [3.63, 3.8) is 0 Å². The van der Waals surface area contributed by atoms with Crippen molar-refractivity contribution in [2.75, 3.05) is 25.1 Å². The minimum Gasteiger partial charge on any atom is -0.448 e. The summed E-state index contributed by atoms with van der Waals surface area (Å²) in [7, 11) is 1.54. The van der Waals surface area contributed by atoms with Crippen LogP contribution in [0.2, 0.25) is 0 Å². The molecule has 0 saturated heterocycles. The summed E-state index contributed by atoms with van der Waals surface area (Å²) >= 11 is 0.923. The molecule has 1 nitrogen and oxygen atoms in total. The fourth-order valence-corrected chi connectivity index (χ4v) is 1.28. The maximum atomic E-state index is 11.6. The summed E-state index contributed by atoms with van der Waals surface area (Å²) in [4.78, 5) is 0. The molecule has 0 aliphatic heterocycles. The molecule has 11 heavy (non-hydrogen) atoms. The first-order chi connectivity index (χ1) is 5.06. The van der Waals surface area contributed by atoms with E-state index in [4.69, 9.17) is 0 Å². The van der Waals surface area contributed by atoms with Crippen LogP contribution in [0.15, 0.2) is 0 Å². The van der Waals surface area contributed by atoms with Crippen LogP contribution in [0.3, 0.4) is 0 Å². The second-order valence-corrected chi connectivity index (χ2v) is 3.28. The Hall–Kier alpha value is 0.165. The fourth-order valence-electron chi connectivity index (χ4n) is 0.522. The molecule has 0 rings (SSSR count). The Bertz CT molecular complexity index is 98.2. The minimum atomic E-state index is -4.60. The zero-order valence-electron chi connectivity index (χ0n) is 6.36. The van der Waals surface area contributed by atoms with Gasteiger partial charge in [0.1, 0.15) is 0 Å². The second kappa shape index (κ2) is 5.77. The molecule has 0 amide bonds. The van der Waals surface area contributed by atoms with Gasteiger partial charge in [-0.15, -0.1) is 0 Å². The topological polar surface area (TPSA) is 9.23 Å². The third kappa shape index (κ3) is 10.2. The zero-order chi connectivity index (χ0) is 8.74. The molecule has 0 aromatic rings. The Kier molecular flexibility index (Phi) is 5.86. The lowest BCUT2D eigenvalue weighted by Crippen LogP contribution is -2.19. The van der Waals surface area contributed by atoms with Crippen molar-refractivity contribution in [2.45, 2.75) is 6.42 Å². The highest BCUT2D eigenvalue weighted by Crippen LogP contribution is 2.16. The summed E-state index contributed by atoms with van der Waals surface area (Å²) in [6, 6.07) is 0. The van der Waals surface area contributed by atoms with Gasteiger partial charge in [0.2, 0.25) is 0 Å². The van der Waals surface area contributed by atoms with Crippen LogP contribution in [0.4, 0.5) is 12.9 Å². The van der Waals surface area contributed by atoms with Crippen LogP contribution in [0.25, 0.3) is 0 Å². The maximum absolute atomic E-state index is 11.6. The van der Waals surface area contributed by atoms with E-state index in [1.54, 1.807) is 7.11 Å². The molecular weight excluding hydrogens is 176 g/mol. The number of halogens is 3. The highest BCUT2D eigenvalue weighted by molar-refractivity contribution is 8.00. The third-order valence-electron chi connectivity index (χ3n) is 0.944. The number of rotatable bonds is 6. The summed E-state index contributed by atoms with van der Waals surface area (Å²) in [6.45, 7) is -4.06. The van der Waals surface area contributed by atoms with Crippen molar-refractivity contribution < 1.29 is 17.7 Å². The molecule has 0 fully saturated rings. The van der Waals surface area contributed by atoms with Gasteiger partial charge in [0.25, 0.3) is 0 Å². The molecule has 0 unspecified atom stereocenters. The van der Waals surface area contributed by atoms with Crippen molar-refractivity contribution in [1.82, 2.24) is 0 Å². The Labute approximate surface area is 68.7 Å². The smallest absolute Gasteiger partial charge is 0.448 e. The molecule has 0 aromatic carbocycles. The SMILES string of the molecule is COCCCSC[B-](F)(F)F. The normalized spacial score (nSPS) is 12.0. The Morgan fingerprint density at radius 3 is 2.45 bits per heavy atom. The van der Waals surface area contributed by atoms with E-state index in [9.17, 15) is 12.9 Å². The van der Waals surface area contributed by atoms with Crippen molar-refractivity contribution in [1.29, 1.82) is 0 Å². The molecule has 0 saturated carbocycles. The highest BCUT2D eigenvalue weighted by atomic mass is 32.2. The molecule has 0 aliphatic rings. The summed E-state index contributed by atoms with van der Waals surface area (Å²) in [6.07, 6.45) is 0.688. The lowest BCUT2D eigenvalue weighted by Gasteiger charge is -2.11. The van der Waals surface area contributed by atoms with Crippen molar-refractivity contribution in [3.05, 3.63) is 0 Å². The average Bonchev–Trinajstić information content (AvgIpc) is 1.85. The van der Waals surface area contributed by atoms with E-state index in [-0.39, 0.29) is 0 Å². The van der Waals surface area contributed by atoms with E-state index in [1.165, 1.54) is 0 Å². The molecule has 0 aromatic heterocycles. The van der Waals surface area contributed by atoms with E-state index in [0.717, 1.165) is 11.8 Å². The van der Waals surface area contributed by atoms with Crippen LogP contribution in [0, 0.1) is 0 Å². The van der Waals surface area contributed by atoms with Gasteiger partial charge in [-0.3, -0.25) is 0 Å². The van der Waals surface area contributed by atoms with Gasteiger partial charge in [-0.1, -0.05) is 0 Å². The molecule has 68 valence electrons. The average molecular weight is 187 g/mol. The first-order valence-corrected chi connectivity index (χ1v) is 4.49. The molecule has 0 bridgehead atoms. The maximum Gasteiger partial charge on any atom is 0.488 e. The number of ether oxygens (including phenoxy) is 1. The molecule has 0 radical (unpaired) electrons. The summed E-state index contributed by atoms with van der Waals surface area (Å²) < 4.78 is 39.4. The lowest BCUT2D eigenvalue weighted by molar-refractivity contribution is 0.200. The van der Waals surface area contributed by atoms with Crippen LogP contribution in [-0.2, 0) is 4.74 Å². The summed E-state index contributed by atoms with van der Waals surface area (Å²) in [5, 5.41) is 0. The lowest BCUT2D eigenvalue weighted by atomic mass is 9.98. The first kappa shape index (κ1) is 11.2. The molecule has 6 heteroatoms. The minimum absolute atomic E-state index is 0.523.